The lowest BCUT2D eigenvalue weighted by Gasteiger charge is -2.23. The summed E-state index contributed by atoms with van der Waals surface area (Å²) in [5.74, 6) is -0.394. The van der Waals surface area contributed by atoms with Crippen LogP contribution in [0.25, 0.3) is 0 Å². The molecular weight excluding hydrogens is 202 g/mol. The molecule has 3 unspecified atom stereocenters. The van der Waals surface area contributed by atoms with Crippen LogP contribution in [-0.4, -0.2) is 35.1 Å². The molecule has 16 heavy (non-hydrogen) atoms. The second-order valence-electron chi connectivity index (χ2n) is 4.77. The molecule has 0 aliphatic carbocycles. The summed E-state index contributed by atoms with van der Waals surface area (Å²) in [4.78, 5) is 13.6. The van der Waals surface area contributed by atoms with Crippen LogP contribution < -0.4 is 0 Å². The van der Waals surface area contributed by atoms with Crippen molar-refractivity contribution in [3.8, 4) is 0 Å². The molecular formula is C13H15NO2. The van der Waals surface area contributed by atoms with Crippen LogP contribution in [0.2, 0.25) is 0 Å². The molecule has 84 valence electrons. The van der Waals surface area contributed by atoms with Crippen molar-refractivity contribution >= 4 is 5.97 Å². The molecule has 0 aromatic heterocycles. The number of carboxylic acids is 1. The number of carbonyl (C=O) groups is 1. The molecule has 1 aromatic carbocycles. The molecule has 0 spiro atoms. The van der Waals surface area contributed by atoms with Crippen LogP contribution >= 0.6 is 0 Å². The fourth-order valence-corrected chi connectivity index (χ4v) is 2.79. The summed E-state index contributed by atoms with van der Waals surface area (Å²) in [5.41, 5.74) is 1.49. The van der Waals surface area contributed by atoms with Gasteiger partial charge in [-0.15, -0.1) is 0 Å². The zero-order valence-electron chi connectivity index (χ0n) is 9.10. The lowest BCUT2D eigenvalue weighted by Crippen LogP contribution is -2.21. The van der Waals surface area contributed by atoms with Gasteiger partial charge in [0.2, 0.25) is 0 Å². The number of hydrogen-bond acceptors (Lipinski definition) is 2. The average molecular weight is 217 g/mol. The summed E-state index contributed by atoms with van der Waals surface area (Å²) in [6, 6.07) is 8.23. The lowest BCUT2D eigenvalue weighted by atomic mass is 9.88. The van der Waals surface area contributed by atoms with Crippen LogP contribution in [0, 0.1) is 0 Å². The molecule has 3 heteroatoms. The number of aromatic carboxylic acids is 1. The minimum Gasteiger partial charge on any atom is -0.478 e. The van der Waals surface area contributed by atoms with Crippen LogP contribution in [0.15, 0.2) is 24.3 Å². The van der Waals surface area contributed by atoms with Crippen molar-refractivity contribution in [2.45, 2.75) is 24.8 Å². The van der Waals surface area contributed by atoms with Gasteiger partial charge in [-0.25, -0.2) is 4.79 Å². The van der Waals surface area contributed by atoms with Crippen molar-refractivity contribution in [1.29, 1.82) is 0 Å². The third-order valence-electron chi connectivity index (χ3n) is 3.76. The van der Waals surface area contributed by atoms with Gasteiger partial charge in [0.15, 0.2) is 0 Å². The van der Waals surface area contributed by atoms with Crippen LogP contribution in [-0.2, 0) is 0 Å². The first kappa shape index (κ1) is 9.85. The third kappa shape index (κ3) is 1.61. The van der Waals surface area contributed by atoms with Gasteiger partial charge >= 0.3 is 5.97 Å². The molecule has 2 aliphatic heterocycles. The zero-order valence-corrected chi connectivity index (χ0v) is 9.10. The van der Waals surface area contributed by atoms with E-state index in [0.717, 1.165) is 24.6 Å². The van der Waals surface area contributed by atoms with Gasteiger partial charge in [0.05, 0.1) is 5.56 Å². The highest BCUT2D eigenvalue weighted by Crippen LogP contribution is 2.37. The van der Waals surface area contributed by atoms with Gasteiger partial charge in [-0.3, -0.25) is 4.90 Å². The Balaban J connectivity index is 1.89. The zero-order chi connectivity index (χ0) is 11.1. The normalized spacial score (nSPS) is 31.9. The Kier molecular flexibility index (Phi) is 2.21. The van der Waals surface area contributed by atoms with Crippen LogP contribution in [0.3, 0.4) is 0 Å². The smallest absolute Gasteiger partial charge is 0.335 e. The first-order valence-corrected chi connectivity index (χ1v) is 5.82. The van der Waals surface area contributed by atoms with Gasteiger partial charge in [0, 0.05) is 19.1 Å². The molecule has 1 aromatic rings. The second-order valence-corrected chi connectivity index (χ2v) is 4.77. The Morgan fingerprint density at radius 2 is 2.06 bits per heavy atom. The van der Waals surface area contributed by atoms with E-state index >= 15 is 0 Å². The largest absolute Gasteiger partial charge is 0.478 e. The molecule has 3 nitrogen and oxygen atoms in total. The maximum atomic E-state index is 11.1. The van der Waals surface area contributed by atoms with E-state index in [9.17, 15) is 4.79 Å². The number of rotatable bonds is 2. The summed E-state index contributed by atoms with van der Waals surface area (Å²) in [6.45, 7) is 2.25. The Bertz CT molecular complexity index is 430. The average Bonchev–Trinajstić information content (AvgIpc) is 3.06. The minimum absolute atomic E-state index is 0.408. The van der Waals surface area contributed by atoms with E-state index in [1.807, 2.05) is 12.1 Å². The van der Waals surface area contributed by atoms with Gasteiger partial charge in [0.1, 0.15) is 0 Å². The summed E-state index contributed by atoms with van der Waals surface area (Å²) >= 11 is 0. The van der Waals surface area contributed by atoms with E-state index in [4.69, 9.17) is 5.11 Å². The molecule has 3 rings (SSSR count). The fraction of sp³-hybridized carbons (Fsp3) is 0.462. The summed E-state index contributed by atoms with van der Waals surface area (Å²) in [6.07, 6.45) is 2.35. The van der Waals surface area contributed by atoms with E-state index in [-0.39, 0.29) is 0 Å². The highest BCUT2D eigenvalue weighted by molar-refractivity contribution is 5.89. The monoisotopic (exact) mass is 217 g/mol. The fourth-order valence-electron chi connectivity index (χ4n) is 2.79. The van der Waals surface area contributed by atoms with E-state index in [1.54, 1.807) is 12.1 Å². The van der Waals surface area contributed by atoms with E-state index in [1.165, 1.54) is 13.0 Å². The van der Waals surface area contributed by atoms with Gasteiger partial charge in [-0.2, -0.15) is 0 Å². The van der Waals surface area contributed by atoms with E-state index < -0.39 is 5.97 Å². The summed E-state index contributed by atoms with van der Waals surface area (Å²) in [7, 11) is 0. The quantitative estimate of drug-likeness (QED) is 0.770. The minimum atomic E-state index is -0.802. The van der Waals surface area contributed by atoms with Crippen molar-refractivity contribution in [3.05, 3.63) is 35.4 Å². The number of piperidine rings is 1. The molecule has 2 saturated heterocycles. The van der Waals surface area contributed by atoms with Crippen molar-refractivity contribution in [3.63, 3.8) is 0 Å². The molecule has 0 saturated carbocycles. The molecule has 2 aliphatic rings. The van der Waals surface area contributed by atoms with Crippen LogP contribution in [0.1, 0.15) is 34.7 Å². The summed E-state index contributed by atoms with van der Waals surface area (Å²) < 4.78 is 0. The number of benzene rings is 1. The Morgan fingerprint density at radius 1 is 1.25 bits per heavy atom. The second kappa shape index (κ2) is 3.59. The van der Waals surface area contributed by atoms with Crippen molar-refractivity contribution in [2.24, 2.45) is 0 Å². The summed E-state index contributed by atoms with van der Waals surface area (Å²) in [5, 5.41) is 9.16. The lowest BCUT2D eigenvalue weighted by molar-refractivity contribution is 0.0694. The predicted octanol–water partition coefficient (Wildman–Crippen LogP) is 1.95. The van der Waals surface area contributed by atoms with Crippen LogP contribution in [0.4, 0.5) is 0 Å². The molecule has 2 fully saturated rings. The molecule has 0 bridgehead atoms. The predicted molar refractivity (Wildman–Crippen MR) is 60.7 cm³/mol. The highest BCUT2D eigenvalue weighted by atomic mass is 16.4. The topological polar surface area (TPSA) is 40.3 Å². The van der Waals surface area contributed by atoms with Gasteiger partial charge in [0.25, 0.3) is 0 Å². The molecule has 1 N–H and O–H groups in total. The van der Waals surface area contributed by atoms with Gasteiger partial charge in [-0.1, -0.05) is 18.2 Å². The number of nitrogens with zero attached hydrogens (tertiary/aromatic N) is 1. The van der Waals surface area contributed by atoms with Crippen LogP contribution in [0.5, 0.6) is 0 Å². The molecule has 0 radical (unpaired) electrons. The highest BCUT2D eigenvalue weighted by Gasteiger charge is 2.40. The van der Waals surface area contributed by atoms with Crippen molar-refractivity contribution in [2.75, 3.05) is 13.1 Å². The standard InChI is InChI=1S/C13H15NO2/c15-13(16)12-4-2-1-3-11(12)9-5-6-10-8-14(10)7-9/h1-4,9-10H,5-8H2,(H,15,16). The molecule has 0 amide bonds. The SMILES string of the molecule is O=C(O)c1ccccc1C1CCC2CN2C1. The molecule has 3 atom stereocenters. The number of fused-ring (bicyclic) bond motifs is 1. The van der Waals surface area contributed by atoms with Gasteiger partial charge < -0.3 is 5.11 Å². The number of carboxylic acid groups (broad SMARTS) is 1. The first-order valence-electron chi connectivity index (χ1n) is 5.82. The Labute approximate surface area is 94.7 Å². The Morgan fingerprint density at radius 3 is 2.81 bits per heavy atom. The maximum absolute atomic E-state index is 11.1. The first-order chi connectivity index (χ1) is 7.75. The van der Waals surface area contributed by atoms with Crippen molar-refractivity contribution in [1.82, 2.24) is 4.90 Å². The number of hydrogen-bond donors (Lipinski definition) is 1. The van der Waals surface area contributed by atoms with E-state index in [2.05, 4.69) is 4.90 Å². The van der Waals surface area contributed by atoms with Crippen molar-refractivity contribution < 1.29 is 9.90 Å². The third-order valence-corrected chi connectivity index (χ3v) is 3.76. The maximum Gasteiger partial charge on any atom is 0.335 e. The van der Waals surface area contributed by atoms with Gasteiger partial charge in [-0.05, 0) is 30.4 Å². The van der Waals surface area contributed by atoms with E-state index in [0.29, 0.717) is 11.5 Å². The Hall–Kier alpha value is -1.35. The molecule has 2 heterocycles.